The monoisotopic (exact) mass is 342 g/mol. The maximum Gasteiger partial charge on any atom is 0.345 e. The van der Waals surface area contributed by atoms with Crippen LogP contribution >= 0.6 is 0 Å². The third-order valence-corrected chi connectivity index (χ3v) is 5.07. The molecule has 1 fully saturated rings. The van der Waals surface area contributed by atoms with Gasteiger partial charge in [-0.2, -0.15) is 0 Å². The molecule has 1 atom stereocenters. The summed E-state index contributed by atoms with van der Waals surface area (Å²) in [6.45, 7) is 1.11. The van der Waals surface area contributed by atoms with Crippen LogP contribution in [0.5, 0.6) is 0 Å². The lowest BCUT2D eigenvalue weighted by Gasteiger charge is -2.22. The first-order valence-electron chi connectivity index (χ1n) is 6.91. The molecule has 9 heteroatoms. The third-order valence-electron chi connectivity index (χ3n) is 3.55. The number of amides is 1. The van der Waals surface area contributed by atoms with E-state index < -0.39 is 27.5 Å². The van der Waals surface area contributed by atoms with E-state index in [1.807, 2.05) is 0 Å². The van der Waals surface area contributed by atoms with Crippen LogP contribution in [0.4, 0.5) is 5.69 Å². The van der Waals surface area contributed by atoms with Gasteiger partial charge in [-0.25, -0.2) is 17.9 Å². The molecule has 0 aromatic heterocycles. The van der Waals surface area contributed by atoms with Crippen molar-refractivity contribution in [3.05, 3.63) is 24.3 Å². The lowest BCUT2D eigenvalue weighted by atomic mass is 10.1. The Bertz CT molecular complexity index is 729. The number of benzene rings is 1. The zero-order valence-electron chi connectivity index (χ0n) is 12.7. The fourth-order valence-corrected chi connectivity index (χ4v) is 3.11. The Hall–Kier alpha value is -1.97. The zero-order valence-corrected chi connectivity index (χ0v) is 13.5. The highest BCUT2D eigenvalue weighted by Gasteiger charge is 2.41. The van der Waals surface area contributed by atoms with Gasteiger partial charge in [-0.3, -0.25) is 4.79 Å². The summed E-state index contributed by atoms with van der Waals surface area (Å²) < 4.78 is 31.6. The van der Waals surface area contributed by atoms with Gasteiger partial charge in [0.2, 0.25) is 15.6 Å². The quantitative estimate of drug-likeness (QED) is 0.622. The molecule has 0 heterocycles. The third kappa shape index (κ3) is 3.87. The molecule has 1 aliphatic carbocycles. The van der Waals surface area contributed by atoms with Crippen molar-refractivity contribution in [2.75, 3.05) is 12.4 Å². The molecule has 1 unspecified atom stereocenters. The number of ether oxygens (including phenoxy) is 1. The van der Waals surface area contributed by atoms with Crippen molar-refractivity contribution in [1.29, 1.82) is 0 Å². The lowest BCUT2D eigenvalue weighted by Crippen LogP contribution is -2.48. The number of carbonyl (C=O) groups is 2. The van der Waals surface area contributed by atoms with Crippen LogP contribution in [0.25, 0.3) is 0 Å². The number of carboxylic acids is 1. The van der Waals surface area contributed by atoms with Crippen LogP contribution in [0.3, 0.4) is 0 Å². The molecule has 1 aromatic rings. The van der Waals surface area contributed by atoms with Crippen molar-refractivity contribution in [3.63, 3.8) is 0 Å². The minimum absolute atomic E-state index is 0.00311. The summed E-state index contributed by atoms with van der Waals surface area (Å²) in [5.41, 5.74) is -1.90. The molecule has 0 saturated heterocycles. The summed E-state index contributed by atoms with van der Waals surface area (Å²) in [4.78, 5) is 23.2. The first-order chi connectivity index (χ1) is 10.7. The van der Waals surface area contributed by atoms with Crippen LogP contribution in [0.2, 0.25) is 0 Å². The van der Waals surface area contributed by atoms with Crippen molar-refractivity contribution < 1.29 is 27.9 Å². The van der Waals surface area contributed by atoms with Crippen LogP contribution in [0.1, 0.15) is 19.8 Å². The molecule has 1 amide bonds. The number of anilines is 1. The average molecular weight is 342 g/mol. The molecule has 8 nitrogen and oxygen atoms in total. The zero-order chi connectivity index (χ0) is 17.3. The molecule has 0 radical (unpaired) electrons. The molecule has 1 aliphatic rings. The molecule has 0 bridgehead atoms. The van der Waals surface area contributed by atoms with Gasteiger partial charge in [0.05, 0.1) is 4.90 Å². The normalized spacial score (nSPS) is 17.3. The number of hydrogen-bond acceptors (Lipinski definition) is 5. The number of rotatable bonds is 7. The largest absolute Gasteiger partial charge is 0.479 e. The molecular weight excluding hydrogens is 324 g/mol. The highest BCUT2D eigenvalue weighted by Crippen LogP contribution is 2.23. The van der Waals surface area contributed by atoms with Crippen molar-refractivity contribution >= 4 is 27.6 Å². The van der Waals surface area contributed by atoms with E-state index >= 15 is 0 Å². The van der Waals surface area contributed by atoms with Gasteiger partial charge in [-0.05, 0) is 38.0 Å². The lowest BCUT2D eigenvalue weighted by molar-refractivity contribution is -0.165. The van der Waals surface area contributed by atoms with Gasteiger partial charge in [0.25, 0.3) is 5.91 Å². The Balaban J connectivity index is 2.20. The fourth-order valence-electron chi connectivity index (χ4n) is 1.76. The number of methoxy groups -OCH3 is 1. The van der Waals surface area contributed by atoms with E-state index in [4.69, 9.17) is 9.84 Å². The maximum atomic E-state index is 12.1. The second-order valence-electron chi connectivity index (χ2n) is 5.42. The number of sulfonamides is 1. The Morgan fingerprint density at radius 2 is 2.00 bits per heavy atom. The first kappa shape index (κ1) is 17.4. The van der Waals surface area contributed by atoms with Crippen LogP contribution in [0, 0.1) is 0 Å². The highest BCUT2D eigenvalue weighted by molar-refractivity contribution is 7.89. The van der Waals surface area contributed by atoms with Gasteiger partial charge >= 0.3 is 5.97 Å². The summed E-state index contributed by atoms with van der Waals surface area (Å²) in [6, 6.07) is 5.55. The number of nitrogens with one attached hydrogen (secondary N) is 2. The minimum atomic E-state index is -3.66. The van der Waals surface area contributed by atoms with Gasteiger partial charge in [-0.1, -0.05) is 6.07 Å². The molecular formula is C14H18N2O6S. The van der Waals surface area contributed by atoms with Crippen molar-refractivity contribution in [1.82, 2.24) is 4.72 Å². The second-order valence-corrected chi connectivity index (χ2v) is 7.13. The summed E-state index contributed by atoms with van der Waals surface area (Å²) in [6.07, 6.45) is 1.61. The van der Waals surface area contributed by atoms with Gasteiger partial charge in [0, 0.05) is 18.8 Å². The number of aliphatic carboxylic acids is 1. The van der Waals surface area contributed by atoms with Crippen molar-refractivity contribution in [2.45, 2.75) is 36.3 Å². The van der Waals surface area contributed by atoms with Gasteiger partial charge in [0.15, 0.2) is 0 Å². The molecule has 126 valence electrons. The summed E-state index contributed by atoms with van der Waals surface area (Å²) in [5, 5.41) is 11.4. The Labute approximate surface area is 133 Å². The van der Waals surface area contributed by atoms with E-state index in [-0.39, 0.29) is 16.6 Å². The van der Waals surface area contributed by atoms with Crippen molar-refractivity contribution in [2.24, 2.45) is 0 Å². The minimum Gasteiger partial charge on any atom is -0.479 e. The van der Waals surface area contributed by atoms with Crippen molar-refractivity contribution in [3.8, 4) is 0 Å². The van der Waals surface area contributed by atoms with E-state index in [1.165, 1.54) is 24.3 Å². The Kier molecular flexibility index (Phi) is 4.73. The summed E-state index contributed by atoms with van der Waals surface area (Å²) >= 11 is 0. The summed E-state index contributed by atoms with van der Waals surface area (Å²) in [5.74, 6) is -2.35. The SMILES string of the molecule is COC(C)(C(=O)O)C(=O)Nc1cccc(S(=O)(=O)NC2CC2)c1. The summed E-state index contributed by atoms with van der Waals surface area (Å²) in [7, 11) is -2.56. The number of hydrogen-bond donors (Lipinski definition) is 3. The van der Waals surface area contributed by atoms with Crippen LogP contribution < -0.4 is 10.0 Å². The first-order valence-corrected chi connectivity index (χ1v) is 8.40. The topological polar surface area (TPSA) is 122 Å². The van der Waals surface area contributed by atoms with Crippen LogP contribution in [-0.2, 0) is 24.3 Å². The molecule has 1 saturated carbocycles. The van der Waals surface area contributed by atoms with E-state index in [0.29, 0.717) is 0 Å². The van der Waals surface area contributed by atoms with Crippen LogP contribution in [-0.4, -0.2) is 44.2 Å². The maximum absolute atomic E-state index is 12.1. The fraction of sp³-hybridized carbons (Fsp3) is 0.429. The van der Waals surface area contributed by atoms with Crippen LogP contribution in [0.15, 0.2) is 29.2 Å². The number of carbonyl (C=O) groups excluding carboxylic acids is 1. The molecule has 3 N–H and O–H groups in total. The average Bonchev–Trinajstić information content (AvgIpc) is 3.29. The van der Waals surface area contributed by atoms with E-state index in [1.54, 1.807) is 0 Å². The van der Waals surface area contributed by atoms with Gasteiger partial charge in [0.1, 0.15) is 0 Å². The molecule has 0 spiro atoms. The van der Waals surface area contributed by atoms with E-state index in [9.17, 15) is 18.0 Å². The number of carboxylic acid groups (broad SMARTS) is 1. The van der Waals surface area contributed by atoms with E-state index in [0.717, 1.165) is 26.9 Å². The highest BCUT2D eigenvalue weighted by atomic mass is 32.2. The molecule has 23 heavy (non-hydrogen) atoms. The predicted octanol–water partition coefficient (Wildman–Crippen LogP) is 0.555. The van der Waals surface area contributed by atoms with E-state index in [2.05, 4.69) is 10.0 Å². The van der Waals surface area contributed by atoms with Gasteiger partial charge in [-0.15, -0.1) is 0 Å². The Morgan fingerprint density at radius 3 is 2.52 bits per heavy atom. The molecule has 1 aromatic carbocycles. The molecule has 2 rings (SSSR count). The Morgan fingerprint density at radius 1 is 1.35 bits per heavy atom. The second kappa shape index (κ2) is 6.26. The smallest absolute Gasteiger partial charge is 0.345 e. The predicted molar refractivity (Wildman–Crippen MR) is 81.5 cm³/mol. The van der Waals surface area contributed by atoms with Gasteiger partial charge < -0.3 is 15.2 Å². The standard InChI is InChI=1S/C14H18N2O6S/c1-14(22-2,13(18)19)12(17)15-10-4-3-5-11(8-10)23(20,21)16-9-6-7-9/h3-5,8-9,16H,6-7H2,1-2H3,(H,15,17)(H,18,19). The molecule has 0 aliphatic heterocycles.